The van der Waals surface area contributed by atoms with E-state index < -0.39 is 0 Å². The molecule has 21 heavy (non-hydrogen) atoms. The third-order valence-corrected chi connectivity index (χ3v) is 3.47. The largest absolute Gasteiger partial charge is 0.396 e. The van der Waals surface area contributed by atoms with Gasteiger partial charge in [0.1, 0.15) is 0 Å². The molecular formula is C16H26N2O3. The minimum absolute atomic E-state index is 0.0320. The lowest BCUT2D eigenvalue weighted by molar-refractivity contribution is 0.148. The molecule has 0 aromatic heterocycles. The summed E-state index contributed by atoms with van der Waals surface area (Å²) in [7, 11) is 0. The summed E-state index contributed by atoms with van der Waals surface area (Å²) < 4.78 is 0. The zero-order valence-electron chi connectivity index (χ0n) is 12.9. The number of amides is 2. The molecule has 5 heteroatoms. The van der Waals surface area contributed by atoms with Crippen LogP contribution in [0.2, 0.25) is 0 Å². The van der Waals surface area contributed by atoms with Crippen LogP contribution in [0.1, 0.15) is 37.8 Å². The topological polar surface area (TPSA) is 81.6 Å². The number of urea groups is 1. The molecule has 0 fully saturated rings. The van der Waals surface area contributed by atoms with Crippen molar-refractivity contribution in [2.24, 2.45) is 5.41 Å². The fourth-order valence-electron chi connectivity index (χ4n) is 1.97. The molecule has 0 unspecified atom stereocenters. The van der Waals surface area contributed by atoms with Crippen molar-refractivity contribution in [1.29, 1.82) is 0 Å². The molecule has 4 N–H and O–H groups in total. The number of carbonyl (C=O) groups excluding carboxylic acids is 1. The Kier molecular flexibility index (Phi) is 7.19. The van der Waals surface area contributed by atoms with Gasteiger partial charge in [-0.05, 0) is 29.4 Å². The third-order valence-electron chi connectivity index (χ3n) is 3.47. The van der Waals surface area contributed by atoms with Crippen LogP contribution in [0.3, 0.4) is 0 Å². The first-order valence-corrected chi connectivity index (χ1v) is 7.29. The smallest absolute Gasteiger partial charge is 0.315 e. The molecule has 5 nitrogen and oxygen atoms in total. The average molecular weight is 294 g/mol. The summed E-state index contributed by atoms with van der Waals surface area (Å²) in [4.78, 5) is 11.7. The summed E-state index contributed by atoms with van der Waals surface area (Å²) in [6.45, 7) is 5.09. The summed E-state index contributed by atoms with van der Waals surface area (Å²) in [6, 6.07) is 7.24. The van der Waals surface area contributed by atoms with Gasteiger partial charge in [-0.2, -0.15) is 0 Å². The zero-order valence-corrected chi connectivity index (χ0v) is 12.9. The SMILES string of the molecule is CC(C)(CO)CCCNC(=O)NCc1ccccc1CO. The van der Waals surface area contributed by atoms with E-state index in [2.05, 4.69) is 10.6 Å². The van der Waals surface area contributed by atoms with Crippen LogP contribution < -0.4 is 10.6 Å². The van der Waals surface area contributed by atoms with E-state index in [1.54, 1.807) is 0 Å². The van der Waals surface area contributed by atoms with Crippen LogP contribution in [-0.4, -0.2) is 29.4 Å². The minimum atomic E-state index is -0.218. The Balaban J connectivity index is 2.25. The molecule has 0 aliphatic carbocycles. The highest BCUT2D eigenvalue weighted by molar-refractivity contribution is 5.73. The molecule has 0 radical (unpaired) electrons. The quantitative estimate of drug-likeness (QED) is 0.552. The van der Waals surface area contributed by atoms with Gasteiger partial charge in [-0.3, -0.25) is 0 Å². The van der Waals surface area contributed by atoms with Gasteiger partial charge in [-0.25, -0.2) is 4.79 Å². The maximum absolute atomic E-state index is 11.7. The van der Waals surface area contributed by atoms with Crippen molar-refractivity contribution in [2.75, 3.05) is 13.2 Å². The molecule has 0 heterocycles. The number of hydrogen-bond acceptors (Lipinski definition) is 3. The van der Waals surface area contributed by atoms with Gasteiger partial charge < -0.3 is 20.8 Å². The van der Waals surface area contributed by atoms with Crippen molar-refractivity contribution in [3.63, 3.8) is 0 Å². The van der Waals surface area contributed by atoms with Gasteiger partial charge in [0.2, 0.25) is 0 Å². The molecule has 0 aliphatic heterocycles. The second kappa shape index (κ2) is 8.64. The number of rotatable bonds is 8. The molecule has 2 amide bonds. The molecule has 1 rings (SSSR count). The van der Waals surface area contributed by atoms with Crippen LogP contribution in [0.25, 0.3) is 0 Å². The number of aliphatic hydroxyl groups excluding tert-OH is 2. The van der Waals surface area contributed by atoms with Crippen molar-refractivity contribution in [3.8, 4) is 0 Å². The van der Waals surface area contributed by atoms with Gasteiger partial charge in [0.05, 0.1) is 6.61 Å². The Morgan fingerprint density at radius 3 is 2.43 bits per heavy atom. The Morgan fingerprint density at radius 1 is 1.14 bits per heavy atom. The predicted octanol–water partition coefficient (Wildman–Crippen LogP) is 1.78. The first-order chi connectivity index (χ1) is 9.98. The third kappa shape index (κ3) is 6.60. The highest BCUT2D eigenvalue weighted by Crippen LogP contribution is 2.20. The van der Waals surface area contributed by atoms with Crippen molar-refractivity contribution in [1.82, 2.24) is 10.6 Å². The fourth-order valence-corrected chi connectivity index (χ4v) is 1.97. The van der Waals surface area contributed by atoms with Crippen LogP contribution in [0, 0.1) is 5.41 Å². The fraction of sp³-hybridized carbons (Fsp3) is 0.562. The van der Waals surface area contributed by atoms with Gasteiger partial charge in [0.15, 0.2) is 0 Å². The first kappa shape index (κ1) is 17.5. The molecule has 0 spiro atoms. The molecule has 0 saturated carbocycles. The van der Waals surface area contributed by atoms with Gasteiger partial charge in [-0.1, -0.05) is 38.1 Å². The Morgan fingerprint density at radius 2 is 1.81 bits per heavy atom. The number of nitrogens with one attached hydrogen (secondary N) is 2. The van der Waals surface area contributed by atoms with E-state index >= 15 is 0 Å². The number of aliphatic hydroxyl groups is 2. The predicted molar refractivity (Wildman–Crippen MR) is 82.7 cm³/mol. The Labute approximate surface area is 126 Å². The Bertz CT molecular complexity index is 447. The second-order valence-electron chi connectivity index (χ2n) is 5.96. The maximum Gasteiger partial charge on any atom is 0.315 e. The van der Waals surface area contributed by atoms with Gasteiger partial charge >= 0.3 is 6.03 Å². The van der Waals surface area contributed by atoms with E-state index in [4.69, 9.17) is 5.11 Å². The lowest BCUT2D eigenvalue weighted by atomic mass is 9.89. The van der Waals surface area contributed by atoms with Crippen LogP contribution in [0.4, 0.5) is 4.79 Å². The van der Waals surface area contributed by atoms with E-state index in [1.165, 1.54) is 0 Å². The standard InChI is InChI=1S/C16H26N2O3/c1-16(2,12-20)8-5-9-17-15(21)18-10-13-6-3-4-7-14(13)11-19/h3-4,6-7,19-20H,5,8-12H2,1-2H3,(H2,17,18,21). The van der Waals surface area contributed by atoms with Crippen molar-refractivity contribution in [3.05, 3.63) is 35.4 Å². The molecular weight excluding hydrogens is 268 g/mol. The Hall–Kier alpha value is -1.59. The van der Waals surface area contributed by atoms with Crippen LogP contribution in [-0.2, 0) is 13.2 Å². The van der Waals surface area contributed by atoms with Crippen LogP contribution >= 0.6 is 0 Å². The average Bonchev–Trinajstić information content (AvgIpc) is 2.49. The minimum Gasteiger partial charge on any atom is -0.396 e. The molecule has 0 bridgehead atoms. The van der Waals surface area contributed by atoms with E-state index in [9.17, 15) is 9.90 Å². The normalized spacial score (nSPS) is 11.2. The number of carbonyl (C=O) groups is 1. The maximum atomic E-state index is 11.7. The molecule has 1 aromatic rings. The summed E-state index contributed by atoms with van der Waals surface area (Å²) in [5.74, 6) is 0. The summed E-state index contributed by atoms with van der Waals surface area (Å²) in [6.07, 6.45) is 1.69. The van der Waals surface area contributed by atoms with E-state index in [-0.39, 0.29) is 24.7 Å². The number of benzene rings is 1. The summed E-state index contributed by atoms with van der Waals surface area (Å²) >= 11 is 0. The zero-order chi connectivity index (χ0) is 15.7. The number of hydrogen-bond donors (Lipinski definition) is 4. The first-order valence-electron chi connectivity index (χ1n) is 7.29. The van der Waals surface area contributed by atoms with Crippen molar-refractivity contribution >= 4 is 6.03 Å². The monoisotopic (exact) mass is 294 g/mol. The van der Waals surface area contributed by atoms with E-state index in [1.807, 2.05) is 38.1 Å². The highest BCUT2D eigenvalue weighted by Gasteiger charge is 2.15. The lowest BCUT2D eigenvalue weighted by Gasteiger charge is -2.21. The van der Waals surface area contributed by atoms with E-state index in [0.717, 1.165) is 24.0 Å². The van der Waals surface area contributed by atoms with Crippen molar-refractivity contribution < 1.29 is 15.0 Å². The molecule has 0 atom stereocenters. The van der Waals surface area contributed by atoms with Crippen molar-refractivity contribution in [2.45, 2.75) is 39.8 Å². The van der Waals surface area contributed by atoms with E-state index in [0.29, 0.717) is 13.1 Å². The van der Waals surface area contributed by atoms with Gasteiger partial charge in [0.25, 0.3) is 0 Å². The van der Waals surface area contributed by atoms with Gasteiger partial charge in [0, 0.05) is 19.7 Å². The molecule has 0 saturated heterocycles. The summed E-state index contributed by atoms with van der Waals surface area (Å²) in [5.41, 5.74) is 1.64. The van der Waals surface area contributed by atoms with Crippen LogP contribution in [0.5, 0.6) is 0 Å². The lowest BCUT2D eigenvalue weighted by Crippen LogP contribution is -2.36. The van der Waals surface area contributed by atoms with Gasteiger partial charge in [-0.15, -0.1) is 0 Å². The highest BCUT2D eigenvalue weighted by atomic mass is 16.3. The summed E-state index contributed by atoms with van der Waals surface area (Å²) in [5, 5.41) is 23.9. The second-order valence-corrected chi connectivity index (χ2v) is 5.96. The van der Waals surface area contributed by atoms with Crippen LogP contribution in [0.15, 0.2) is 24.3 Å². The molecule has 118 valence electrons. The molecule has 1 aromatic carbocycles. The molecule has 0 aliphatic rings.